The van der Waals surface area contributed by atoms with Gasteiger partial charge < -0.3 is 10.6 Å². The average molecular weight is 329 g/mol. The van der Waals surface area contributed by atoms with Crippen LogP contribution >= 0.6 is 24.4 Å². The zero-order valence-electron chi connectivity index (χ0n) is 12.8. The van der Waals surface area contributed by atoms with Crippen LogP contribution in [0.3, 0.4) is 0 Å². The van der Waals surface area contributed by atoms with Crippen molar-refractivity contribution in [3.05, 3.63) is 70.8 Å². The quantitative estimate of drug-likeness (QED) is 0.648. The maximum absolute atomic E-state index is 5.38. The minimum atomic E-state index is 0.735. The number of aryl methyl sites for hydroxylation is 2. The molecule has 2 aromatic carbocycles. The third kappa shape index (κ3) is 4.90. The number of nitrogens with one attached hydrogen (secondary N) is 2. The van der Waals surface area contributed by atoms with Gasteiger partial charge in [-0.15, -0.1) is 0 Å². The highest BCUT2D eigenvalue weighted by Gasteiger charge is 2.02. The summed E-state index contributed by atoms with van der Waals surface area (Å²) >= 11 is 10.8. The van der Waals surface area contributed by atoms with Crippen LogP contribution < -0.4 is 10.6 Å². The van der Waals surface area contributed by atoms with Crippen LogP contribution in [0, 0.1) is 13.8 Å². The number of hydrogen-bond donors (Lipinski definition) is 2. The third-order valence-electron chi connectivity index (χ3n) is 3.32. The molecule has 0 atom stereocenters. The minimum absolute atomic E-state index is 0.735. The van der Waals surface area contributed by atoms with Crippen molar-refractivity contribution in [2.24, 2.45) is 0 Å². The molecule has 4 heteroatoms. The van der Waals surface area contributed by atoms with Crippen LogP contribution in [0.4, 0.5) is 0 Å². The van der Waals surface area contributed by atoms with Gasteiger partial charge in [0.15, 0.2) is 0 Å². The molecular formula is C18H20N2S2. The maximum Gasteiger partial charge on any atom is 0.106 e. The van der Waals surface area contributed by atoms with Crippen molar-refractivity contribution in [2.75, 3.05) is 13.1 Å². The average Bonchev–Trinajstić information content (AvgIpc) is 2.52. The van der Waals surface area contributed by atoms with Crippen molar-refractivity contribution in [2.45, 2.75) is 13.8 Å². The summed E-state index contributed by atoms with van der Waals surface area (Å²) in [4.78, 5) is 1.53. The first kappa shape index (κ1) is 16.6. The first-order chi connectivity index (χ1) is 10.6. The second kappa shape index (κ2) is 8.01. The van der Waals surface area contributed by atoms with Gasteiger partial charge in [0, 0.05) is 24.2 Å². The summed E-state index contributed by atoms with van der Waals surface area (Å²) in [5, 5.41) is 6.49. The molecule has 2 nitrogen and oxygen atoms in total. The zero-order chi connectivity index (χ0) is 15.9. The van der Waals surface area contributed by atoms with Gasteiger partial charge in [0.2, 0.25) is 0 Å². The molecule has 0 saturated heterocycles. The fourth-order valence-electron chi connectivity index (χ4n) is 1.97. The fraction of sp³-hybridized carbons (Fsp3) is 0.222. The molecule has 114 valence electrons. The number of hydrogen-bond acceptors (Lipinski definition) is 2. The number of benzene rings is 2. The van der Waals surface area contributed by atoms with Crippen molar-refractivity contribution < 1.29 is 0 Å². The molecule has 2 N–H and O–H groups in total. The van der Waals surface area contributed by atoms with E-state index in [9.17, 15) is 0 Å². The van der Waals surface area contributed by atoms with Crippen LogP contribution in [0.2, 0.25) is 0 Å². The Balaban J connectivity index is 1.74. The fourth-order valence-corrected chi connectivity index (χ4v) is 2.44. The molecule has 22 heavy (non-hydrogen) atoms. The first-order valence-corrected chi connectivity index (χ1v) is 8.07. The predicted molar refractivity (Wildman–Crippen MR) is 102 cm³/mol. The summed E-state index contributed by atoms with van der Waals surface area (Å²) in [7, 11) is 0. The van der Waals surface area contributed by atoms with Crippen LogP contribution in [0.5, 0.6) is 0 Å². The van der Waals surface area contributed by atoms with Crippen molar-refractivity contribution >= 4 is 34.4 Å². The smallest absolute Gasteiger partial charge is 0.106 e. The van der Waals surface area contributed by atoms with Gasteiger partial charge in [-0.3, -0.25) is 0 Å². The molecule has 0 fully saturated rings. The summed E-state index contributed by atoms with van der Waals surface area (Å²) in [6, 6.07) is 16.4. The molecule has 0 amide bonds. The van der Waals surface area contributed by atoms with Crippen molar-refractivity contribution in [1.29, 1.82) is 0 Å². The van der Waals surface area contributed by atoms with E-state index in [-0.39, 0.29) is 0 Å². The van der Waals surface area contributed by atoms with E-state index in [4.69, 9.17) is 24.4 Å². The molecule has 0 bridgehead atoms. The summed E-state index contributed by atoms with van der Waals surface area (Å²) in [6.07, 6.45) is 0. The zero-order valence-corrected chi connectivity index (χ0v) is 14.5. The van der Waals surface area contributed by atoms with Gasteiger partial charge in [-0.1, -0.05) is 84.1 Å². The van der Waals surface area contributed by atoms with Crippen molar-refractivity contribution in [1.82, 2.24) is 10.6 Å². The van der Waals surface area contributed by atoms with Crippen LogP contribution in [-0.2, 0) is 0 Å². The van der Waals surface area contributed by atoms with Gasteiger partial charge in [0.1, 0.15) is 9.98 Å². The van der Waals surface area contributed by atoms with Crippen molar-refractivity contribution in [3.8, 4) is 0 Å². The van der Waals surface area contributed by atoms with Crippen LogP contribution in [0.25, 0.3) is 0 Å². The van der Waals surface area contributed by atoms with E-state index in [1.165, 1.54) is 11.1 Å². The summed E-state index contributed by atoms with van der Waals surface area (Å²) < 4.78 is 0. The summed E-state index contributed by atoms with van der Waals surface area (Å²) in [6.45, 7) is 5.60. The molecule has 0 aliphatic heterocycles. The molecule has 0 spiro atoms. The third-order valence-corrected chi connectivity index (χ3v) is 4.08. The Morgan fingerprint density at radius 1 is 0.682 bits per heavy atom. The molecule has 0 radical (unpaired) electrons. The Bertz CT molecular complexity index is 586. The molecule has 2 aromatic rings. The molecule has 0 aliphatic rings. The normalized spacial score (nSPS) is 10.1. The Morgan fingerprint density at radius 2 is 1.00 bits per heavy atom. The van der Waals surface area contributed by atoms with Crippen LogP contribution in [-0.4, -0.2) is 23.1 Å². The van der Waals surface area contributed by atoms with E-state index in [0.717, 1.165) is 34.2 Å². The molecule has 0 unspecified atom stereocenters. The van der Waals surface area contributed by atoms with Gasteiger partial charge in [-0.25, -0.2) is 0 Å². The molecule has 0 aromatic heterocycles. The van der Waals surface area contributed by atoms with E-state index in [1.54, 1.807) is 0 Å². The molecular weight excluding hydrogens is 308 g/mol. The highest BCUT2D eigenvalue weighted by molar-refractivity contribution is 7.81. The SMILES string of the molecule is Cc1ccc(C(=S)NCCNC(=S)c2ccc(C)cc2)cc1. The largest absolute Gasteiger partial charge is 0.374 e. The number of thiocarbonyl (C=S) groups is 2. The van der Waals surface area contributed by atoms with E-state index < -0.39 is 0 Å². The predicted octanol–water partition coefficient (Wildman–Crippen LogP) is 3.53. The summed E-state index contributed by atoms with van der Waals surface area (Å²) in [5.41, 5.74) is 4.55. The lowest BCUT2D eigenvalue weighted by Crippen LogP contribution is -2.33. The van der Waals surface area contributed by atoms with E-state index >= 15 is 0 Å². The second-order valence-corrected chi connectivity index (χ2v) is 6.06. The lowest BCUT2D eigenvalue weighted by Gasteiger charge is -2.11. The summed E-state index contributed by atoms with van der Waals surface area (Å²) in [5.74, 6) is 0. The van der Waals surface area contributed by atoms with Crippen LogP contribution in [0.15, 0.2) is 48.5 Å². The Labute approximate surface area is 142 Å². The highest BCUT2D eigenvalue weighted by Crippen LogP contribution is 2.04. The molecule has 0 heterocycles. The Morgan fingerprint density at radius 3 is 1.32 bits per heavy atom. The standard InChI is InChI=1S/C18H20N2S2/c1-13-3-7-15(8-4-13)17(21)19-11-12-20-18(22)16-9-5-14(2)6-10-16/h3-10H,11-12H2,1-2H3,(H,19,21)(H,20,22). The van der Waals surface area contributed by atoms with Gasteiger partial charge >= 0.3 is 0 Å². The monoisotopic (exact) mass is 328 g/mol. The minimum Gasteiger partial charge on any atom is -0.374 e. The van der Waals surface area contributed by atoms with Crippen molar-refractivity contribution in [3.63, 3.8) is 0 Å². The maximum atomic E-state index is 5.38. The lowest BCUT2D eigenvalue weighted by atomic mass is 10.1. The van der Waals surface area contributed by atoms with Gasteiger partial charge in [-0.05, 0) is 13.8 Å². The van der Waals surface area contributed by atoms with E-state index in [1.807, 2.05) is 24.3 Å². The first-order valence-electron chi connectivity index (χ1n) is 7.26. The number of rotatable bonds is 5. The topological polar surface area (TPSA) is 24.1 Å². The molecule has 0 saturated carbocycles. The van der Waals surface area contributed by atoms with Gasteiger partial charge in [0.25, 0.3) is 0 Å². The second-order valence-electron chi connectivity index (χ2n) is 5.24. The van der Waals surface area contributed by atoms with Gasteiger partial charge in [-0.2, -0.15) is 0 Å². The van der Waals surface area contributed by atoms with E-state index in [2.05, 4.69) is 48.7 Å². The van der Waals surface area contributed by atoms with Gasteiger partial charge in [0.05, 0.1) is 0 Å². The van der Waals surface area contributed by atoms with E-state index in [0.29, 0.717) is 0 Å². The Hall–Kier alpha value is -1.78. The van der Waals surface area contributed by atoms with Crippen LogP contribution in [0.1, 0.15) is 22.3 Å². The Kier molecular flexibility index (Phi) is 6.04. The molecule has 2 rings (SSSR count). The highest BCUT2D eigenvalue weighted by atomic mass is 32.1. The molecule has 0 aliphatic carbocycles. The lowest BCUT2D eigenvalue weighted by molar-refractivity contribution is 0.823.